The molecular formula is C17H15N3O2. The monoisotopic (exact) mass is 293 g/mol. The maximum Gasteiger partial charge on any atom is 0.335 e. The van der Waals surface area contributed by atoms with Gasteiger partial charge in [-0.15, -0.1) is 0 Å². The fraction of sp³-hybridized carbons (Fsp3) is 0. The zero-order valence-electron chi connectivity index (χ0n) is 11.7. The van der Waals surface area contributed by atoms with Crippen molar-refractivity contribution in [3.05, 3.63) is 83.7 Å². The predicted octanol–water partition coefficient (Wildman–Crippen LogP) is 2.79. The van der Waals surface area contributed by atoms with Crippen LogP contribution in [0.3, 0.4) is 0 Å². The average molecular weight is 293 g/mol. The van der Waals surface area contributed by atoms with Crippen LogP contribution in [0.1, 0.15) is 15.9 Å². The van der Waals surface area contributed by atoms with Crippen molar-refractivity contribution in [2.45, 2.75) is 0 Å². The standard InChI is InChI=1S/C17H15N3O2/c21-17(22)13-7-4-8-14(11-13)18-16-10-9-15(19-20-16)12-5-2-1-3-6-12/h1-11,18-20H,(H,21,22). The van der Waals surface area contributed by atoms with E-state index in [1.54, 1.807) is 18.2 Å². The molecule has 0 unspecified atom stereocenters. The van der Waals surface area contributed by atoms with Crippen molar-refractivity contribution >= 4 is 17.4 Å². The van der Waals surface area contributed by atoms with Crippen LogP contribution in [-0.4, -0.2) is 11.1 Å². The first kappa shape index (κ1) is 13.8. The number of allylic oxidation sites excluding steroid dienone is 2. The molecule has 2 aromatic rings. The largest absolute Gasteiger partial charge is 0.478 e. The van der Waals surface area contributed by atoms with Gasteiger partial charge in [0.05, 0.1) is 11.3 Å². The van der Waals surface area contributed by atoms with Crippen molar-refractivity contribution in [1.29, 1.82) is 0 Å². The Labute approximate surface area is 128 Å². The fourth-order valence-electron chi connectivity index (χ4n) is 2.13. The molecule has 110 valence electrons. The van der Waals surface area contributed by atoms with Crippen LogP contribution < -0.4 is 16.2 Å². The summed E-state index contributed by atoms with van der Waals surface area (Å²) in [6, 6.07) is 16.6. The van der Waals surface area contributed by atoms with Crippen LogP contribution in [0.25, 0.3) is 5.70 Å². The minimum absolute atomic E-state index is 0.245. The van der Waals surface area contributed by atoms with Gasteiger partial charge in [0.1, 0.15) is 5.82 Å². The van der Waals surface area contributed by atoms with Crippen molar-refractivity contribution in [1.82, 2.24) is 10.9 Å². The Kier molecular flexibility index (Phi) is 3.78. The number of carbonyl (C=O) groups is 1. The van der Waals surface area contributed by atoms with Gasteiger partial charge in [0, 0.05) is 5.69 Å². The van der Waals surface area contributed by atoms with Crippen LogP contribution in [0.4, 0.5) is 5.69 Å². The Morgan fingerprint density at radius 1 is 0.955 bits per heavy atom. The van der Waals surface area contributed by atoms with Crippen LogP contribution in [-0.2, 0) is 0 Å². The second-order valence-corrected chi connectivity index (χ2v) is 4.79. The van der Waals surface area contributed by atoms with Crippen molar-refractivity contribution in [2.75, 3.05) is 5.32 Å². The summed E-state index contributed by atoms with van der Waals surface area (Å²) in [5.41, 5.74) is 9.15. The van der Waals surface area contributed by atoms with Crippen LogP contribution in [0.15, 0.2) is 72.6 Å². The van der Waals surface area contributed by atoms with Gasteiger partial charge in [-0.2, -0.15) is 0 Å². The lowest BCUT2D eigenvalue weighted by Gasteiger charge is -2.20. The summed E-state index contributed by atoms with van der Waals surface area (Å²) in [7, 11) is 0. The van der Waals surface area contributed by atoms with Crippen LogP contribution >= 0.6 is 0 Å². The smallest absolute Gasteiger partial charge is 0.335 e. The van der Waals surface area contributed by atoms with E-state index in [4.69, 9.17) is 5.11 Å². The lowest BCUT2D eigenvalue weighted by Crippen LogP contribution is -2.34. The molecule has 4 N–H and O–H groups in total. The summed E-state index contributed by atoms with van der Waals surface area (Å²) < 4.78 is 0. The first-order valence-electron chi connectivity index (χ1n) is 6.82. The van der Waals surface area contributed by atoms with Gasteiger partial charge in [-0.3, -0.25) is 10.9 Å². The van der Waals surface area contributed by atoms with Gasteiger partial charge in [-0.1, -0.05) is 36.4 Å². The molecule has 1 heterocycles. The van der Waals surface area contributed by atoms with Crippen LogP contribution in [0, 0.1) is 0 Å². The normalized spacial score (nSPS) is 13.3. The third kappa shape index (κ3) is 3.09. The van der Waals surface area contributed by atoms with E-state index in [9.17, 15) is 4.79 Å². The van der Waals surface area contributed by atoms with Crippen molar-refractivity contribution in [3.8, 4) is 0 Å². The van der Waals surface area contributed by atoms with E-state index in [2.05, 4.69) is 16.2 Å². The number of hydrogen-bond donors (Lipinski definition) is 4. The van der Waals surface area contributed by atoms with Gasteiger partial charge in [-0.25, -0.2) is 4.79 Å². The molecule has 2 aromatic carbocycles. The number of aromatic carboxylic acids is 1. The Balaban J connectivity index is 1.75. The van der Waals surface area contributed by atoms with E-state index in [0.29, 0.717) is 5.69 Å². The molecule has 1 aliphatic rings. The minimum atomic E-state index is -0.946. The van der Waals surface area contributed by atoms with E-state index < -0.39 is 5.97 Å². The second kappa shape index (κ2) is 6.05. The average Bonchev–Trinajstić information content (AvgIpc) is 2.56. The summed E-state index contributed by atoms with van der Waals surface area (Å²) in [5, 5.41) is 12.1. The Morgan fingerprint density at radius 2 is 1.77 bits per heavy atom. The number of rotatable bonds is 4. The summed E-state index contributed by atoms with van der Waals surface area (Å²) in [4.78, 5) is 11.0. The molecule has 1 aliphatic heterocycles. The third-order valence-electron chi connectivity index (χ3n) is 3.22. The third-order valence-corrected chi connectivity index (χ3v) is 3.22. The molecule has 3 rings (SSSR count). The number of benzene rings is 2. The van der Waals surface area contributed by atoms with Gasteiger partial charge in [-0.05, 0) is 35.9 Å². The zero-order chi connectivity index (χ0) is 15.4. The van der Waals surface area contributed by atoms with Crippen LogP contribution in [0.5, 0.6) is 0 Å². The van der Waals surface area contributed by atoms with Gasteiger partial charge >= 0.3 is 5.97 Å². The van der Waals surface area contributed by atoms with Gasteiger partial charge in [0.2, 0.25) is 0 Å². The lowest BCUT2D eigenvalue weighted by molar-refractivity contribution is 0.0697. The van der Waals surface area contributed by atoms with E-state index in [-0.39, 0.29) is 5.56 Å². The van der Waals surface area contributed by atoms with Gasteiger partial charge in [0.25, 0.3) is 0 Å². The molecule has 0 spiro atoms. The molecule has 0 aromatic heterocycles. The summed E-state index contributed by atoms with van der Waals surface area (Å²) in [5.74, 6) is -0.208. The Bertz CT molecular complexity index is 752. The summed E-state index contributed by atoms with van der Waals surface area (Å²) in [6.07, 6.45) is 3.85. The number of anilines is 1. The maximum atomic E-state index is 11.0. The van der Waals surface area contributed by atoms with E-state index in [0.717, 1.165) is 17.1 Å². The molecule has 0 atom stereocenters. The molecule has 0 radical (unpaired) electrons. The maximum absolute atomic E-state index is 11.0. The lowest BCUT2D eigenvalue weighted by atomic mass is 10.1. The molecule has 0 amide bonds. The van der Waals surface area contributed by atoms with Crippen molar-refractivity contribution in [3.63, 3.8) is 0 Å². The molecule has 5 nitrogen and oxygen atoms in total. The van der Waals surface area contributed by atoms with E-state index >= 15 is 0 Å². The number of hydrogen-bond acceptors (Lipinski definition) is 4. The number of carboxylic acid groups (broad SMARTS) is 1. The van der Waals surface area contributed by atoms with E-state index in [1.807, 2.05) is 48.6 Å². The first-order valence-corrected chi connectivity index (χ1v) is 6.82. The van der Waals surface area contributed by atoms with Crippen LogP contribution in [0.2, 0.25) is 0 Å². The SMILES string of the molecule is O=C(O)c1cccc(NC2=CC=C(c3ccccc3)NN2)c1. The predicted molar refractivity (Wildman–Crippen MR) is 85.8 cm³/mol. The van der Waals surface area contributed by atoms with Crippen molar-refractivity contribution in [2.24, 2.45) is 0 Å². The number of carboxylic acids is 1. The zero-order valence-corrected chi connectivity index (χ0v) is 11.7. The number of nitrogens with one attached hydrogen (secondary N) is 3. The molecular weight excluding hydrogens is 278 g/mol. The highest BCUT2D eigenvalue weighted by Gasteiger charge is 2.08. The molecule has 5 heteroatoms. The fourth-order valence-corrected chi connectivity index (χ4v) is 2.13. The topological polar surface area (TPSA) is 73.4 Å². The Hall–Kier alpha value is -3.21. The van der Waals surface area contributed by atoms with Gasteiger partial charge < -0.3 is 10.4 Å². The molecule has 0 bridgehead atoms. The first-order chi connectivity index (χ1) is 10.7. The van der Waals surface area contributed by atoms with Crippen molar-refractivity contribution < 1.29 is 9.90 Å². The highest BCUT2D eigenvalue weighted by molar-refractivity contribution is 5.88. The van der Waals surface area contributed by atoms with E-state index in [1.165, 1.54) is 0 Å². The highest BCUT2D eigenvalue weighted by atomic mass is 16.4. The summed E-state index contributed by atoms with van der Waals surface area (Å²) in [6.45, 7) is 0. The highest BCUT2D eigenvalue weighted by Crippen LogP contribution is 2.16. The minimum Gasteiger partial charge on any atom is -0.478 e. The molecule has 0 aliphatic carbocycles. The summed E-state index contributed by atoms with van der Waals surface area (Å²) >= 11 is 0. The molecule has 0 saturated heterocycles. The molecule has 0 fully saturated rings. The molecule has 0 saturated carbocycles. The molecule has 22 heavy (non-hydrogen) atoms. The Morgan fingerprint density at radius 3 is 2.45 bits per heavy atom. The van der Waals surface area contributed by atoms with Gasteiger partial charge in [0.15, 0.2) is 0 Å². The quantitative estimate of drug-likeness (QED) is 0.697. The second-order valence-electron chi connectivity index (χ2n) is 4.79. The number of hydrazine groups is 1.